The number of para-hydroxylation sites is 1. The molecule has 1 atom stereocenters. The lowest BCUT2D eigenvalue weighted by Crippen LogP contribution is -2.50. The van der Waals surface area contributed by atoms with E-state index in [1.807, 2.05) is 35.7 Å². The zero-order valence-electron chi connectivity index (χ0n) is 12.7. The number of aromatic amines is 1. The van der Waals surface area contributed by atoms with E-state index >= 15 is 0 Å². The molecular weight excluding hydrogens is 326 g/mol. The molecule has 3 N–H and O–H groups in total. The van der Waals surface area contributed by atoms with Gasteiger partial charge in [-0.15, -0.1) is 11.3 Å². The van der Waals surface area contributed by atoms with Crippen LogP contribution < -0.4 is 5.32 Å². The van der Waals surface area contributed by atoms with Crippen LogP contribution in [0.1, 0.15) is 11.3 Å². The van der Waals surface area contributed by atoms with Gasteiger partial charge in [0.15, 0.2) is 0 Å². The van der Waals surface area contributed by atoms with Gasteiger partial charge < -0.3 is 15.0 Å². The van der Waals surface area contributed by atoms with Crippen molar-refractivity contribution in [2.45, 2.75) is 19.0 Å². The minimum Gasteiger partial charge on any atom is -0.480 e. The van der Waals surface area contributed by atoms with Crippen LogP contribution in [-0.4, -0.2) is 33.0 Å². The molecule has 2 aromatic heterocycles. The molecule has 122 valence electrons. The smallest absolute Gasteiger partial charge is 0.326 e. The summed E-state index contributed by atoms with van der Waals surface area (Å²) >= 11 is 1.40. The van der Waals surface area contributed by atoms with E-state index < -0.39 is 18.0 Å². The number of hydrogen-bond donors (Lipinski definition) is 3. The first-order chi connectivity index (χ1) is 11.6. The maximum Gasteiger partial charge on any atom is 0.326 e. The molecule has 1 aromatic carbocycles. The number of anilines is 1. The molecule has 0 saturated carbocycles. The molecule has 1 aliphatic rings. The van der Waals surface area contributed by atoms with Crippen LogP contribution in [0.15, 0.2) is 41.8 Å². The van der Waals surface area contributed by atoms with E-state index in [-0.39, 0.29) is 6.54 Å². The summed E-state index contributed by atoms with van der Waals surface area (Å²) in [5.41, 5.74) is 2.85. The Labute approximate surface area is 141 Å². The second-order valence-corrected chi connectivity index (χ2v) is 6.67. The Morgan fingerprint density at radius 1 is 1.25 bits per heavy atom. The minimum absolute atomic E-state index is 0.248. The first kappa shape index (κ1) is 14.8. The highest BCUT2D eigenvalue weighted by Crippen LogP contribution is 2.31. The predicted molar refractivity (Wildman–Crippen MR) is 92.3 cm³/mol. The number of carbonyl (C=O) groups is 2. The van der Waals surface area contributed by atoms with Gasteiger partial charge in [-0.05, 0) is 29.1 Å². The highest BCUT2D eigenvalue weighted by atomic mass is 32.1. The van der Waals surface area contributed by atoms with Gasteiger partial charge in [-0.1, -0.05) is 18.2 Å². The molecule has 6 nitrogen and oxygen atoms in total. The fourth-order valence-electron chi connectivity index (χ4n) is 3.17. The lowest BCUT2D eigenvalue weighted by Gasteiger charge is -2.32. The Bertz CT molecular complexity index is 916. The third-order valence-corrected chi connectivity index (χ3v) is 5.09. The van der Waals surface area contributed by atoms with Gasteiger partial charge >= 0.3 is 12.0 Å². The zero-order chi connectivity index (χ0) is 16.7. The van der Waals surface area contributed by atoms with Crippen molar-refractivity contribution >= 4 is 39.2 Å². The summed E-state index contributed by atoms with van der Waals surface area (Å²) in [5, 5.41) is 15.9. The molecule has 0 aliphatic carbocycles. The van der Waals surface area contributed by atoms with Crippen molar-refractivity contribution in [2.75, 3.05) is 5.32 Å². The molecule has 1 unspecified atom stereocenters. The van der Waals surface area contributed by atoms with Crippen molar-refractivity contribution in [3.63, 3.8) is 0 Å². The van der Waals surface area contributed by atoms with Gasteiger partial charge in [-0.3, -0.25) is 5.32 Å². The number of urea groups is 1. The maximum atomic E-state index is 12.5. The van der Waals surface area contributed by atoms with Crippen LogP contribution in [0.2, 0.25) is 0 Å². The molecular formula is C17H15N3O3S. The average molecular weight is 341 g/mol. The first-order valence-electron chi connectivity index (χ1n) is 7.56. The Morgan fingerprint density at radius 2 is 2.08 bits per heavy atom. The van der Waals surface area contributed by atoms with Gasteiger partial charge in [-0.25, -0.2) is 9.59 Å². The molecule has 4 rings (SSSR count). The quantitative estimate of drug-likeness (QED) is 0.669. The van der Waals surface area contributed by atoms with Crippen molar-refractivity contribution in [3.8, 4) is 0 Å². The van der Waals surface area contributed by atoms with Crippen molar-refractivity contribution in [1.82, 2.24) is 9.88 Å². The maximum absolute atomic E-state index is 12.5. The summed E-state index contributed by atoms with van der Waals surface area (Å²) in [6.45, 7) is 0.248. The second-order valence-electron chi connectivity index (χ2n) is 5.72. The number of nitrogens with one attached hydrogen (secondary N) is 2. The summed E-state index contributed by atoms with van der Waals surface area (Å²) in [7, 11) is 0. The number of aromatic nitrogens is 1. The molecule has 7 heteroatoms. The molecule has 24 heavy (non-hydrogen) atoms. The zero-order valence-corrected chi connectivity index (χ0v) is 13.5. The lowest BCUT2D eigenvalue weighted by atomic mass is 9.97. The Morgan fingerprint density at radius 3 is 2.83 bits per heavy atom. The average Bonchev–Trinajstić information content (AvgIpc) is 3.20. The molecule has 3 heterocycles. The van der Waals surface area contributed by atoms with Crippen molar-refractivity contribution in [3.05, 3.63) is 53.0 Å². The standard InChI is InChI=1S/C17H15N3O3S/c21-16(22)14-8-11-10-4-1-2-5-12(10)18-13(11)9-20(14)17(23)19-15-6-3-7-24-15/h1-7,14,18H,8-9H2,(H,19,23)(H,21,22). The Hall–Kier alpha value is -2.80. The second kappa shape index (κ2) is 5.68. The van der Waals surface area contributed by atoms with Gasteiger partial charge in [0.25, 0.3) is 0 Å². The molecule has 1 aliphatic heterocycles. The van der Waals surface area contributed by atoms with Crippen LogP contribution in [0.25, 0.3) is 10.9 Å². The van der Waals surface area contributed by atoms with Crippen LogP contribution in [0.4, 0.5) is 9.80 Å². The van der Waals surface area contributed by atoms with Gasteiger partial charge in [0.2, 0.25) is 0 Å². The molecule has 0 bridgehead atoms. The monoisotopic (exact) mass is 341 g/mol. The van der Waals surface area contributed by atoms with Crippen LogP contribution >= 0.6 is 11.3 Å². The molecule has 3 aromatic rings. The van der Waals surface area contributed by atoms with Gasteiger partial charge in [0.1, 0.15) is 6.04 Å². The van der Waals surface area contributed by atoms with E-state index in [1.165, 1.54) is 16.2 Å². The van der Waals surface area contributed by atoms with Gasteiger partial charge in [-0.2, -0.15) is 0 Å². The number of benzene rings is 1. The van der Waals surface area contributed by atoms with Gasteiger partial charge in [0, 0.05) is 23.0 Å². The number of thiophene rings is 1. The van der Waals surface area contributed by atoms with E-state index in [4.69, 9.17) is 0 Å². The fourth-order valence-corrected chi connectivity index (χ4v) is 3.78. The number of carboxylic acid groups (broad SMARTS) is 1. The number of H-pyrrole nitrogens is 1. The molecule has 0 radical (unpaired) electrons. The van der Waals surface area contributed by atoms with Crippen LogP contribution in [-0.2, 0) is 17.8 Å². The van der Waals surface area contributed by atoms with E-state index in [2.05, 4.69) is 10.3 Å². The van der Waals surface area contributed by atoms with E-state index in [0.29, 0.717) is 11.4 Å². The third kappa shape index (κ3) is 2.43. The summed E-state index contributed by atoms with van der Waals surface area (Å²) in [5.74, 6) is -0.993. The molecule has 0 saturated heterocycles. The summed E-state index contributed by atoms with van der Waals surface area (Å²) in [6, 6.07) is 10.1. The fraction of sp³-hybridized carbons (Fsp3) is 0.176. The van der Waals surface area contributed by atoms with E-state index in [9.17, 15) is 14.7 Å². The van der Waals surface area contributed by atoms with E-state index in [0.717, 1.165) is 22.2 Å². The summed E-state index contributed by atoms with van der Waals surface area (Å²) in [6.07, 6.45) is 0.298. The van der Waals surface area contributed by atoms with Crippen LogP contribution in [0, 0.1) is 0 Å². The van der Waals surface area contributed by atoms with Gasteiger partial charge in [0.05, 0.1) is 11.5 Å². The third-order valence-electron chi connectivity index (χ3n) is 4.30. The molecule has 2 amide bonds. The number of carbonyl (C=O) groups excluding carboxylic acids is 1. The van der Waals surface area contributed by atoms with Crippen molar-refractivity contribution < 1.29 is 14.7 Å². The van der Waals surface area contributed by atoms with Crippen LogP contribution in [0.3, 0.4) is 0 Å². The predicted octanol–water partition coefficient (Wildman–Crippen LogP) is 3.27. The van der Waals surface area contributed by atoms with E-state index in [1.54, 1.807) is 6.07 Å². The number of hydrogen-bond acceptors (Lipinski definition) is 3. The highest BCUT2D eigenvalue weighted by molar-refractivity contribution is 7.14. The highest BCUT2D eigenvalue weighted by Gasteiger charge is 2.36. The van der Waals surface area contributed by atoms with Crippen LogP contribution in [0.5, 0.6) is 0 Å². The number of aliphatic carboxylic acids is 1. The van der Waals surface area contributed by atoms with Crippen molar-refractivity contribution in [2.24, 2.45) is 0 Å². The molecule has 0 fully saturated rings. The number of fused-ring (bicyclic) bond motifs is 3. The topological polar surface area (TPSA) is 85.4 Å². The Kier molecular flexibility index (Phi) is 3.50. The molecule has 0 spiro atoms. The number of rotatable bonds is 2. The first-order valence-corrected chi connectivity index (χ1v) is 8.44. The number of amides is 2. The summed E-state index contributed by atoms with van der Waals surface area (Å²) < 4.78 is 0. The Balaban J connectivity index is 1.69. The summed E-state index contributed by atoms with van der Waals surface area (Å²) in [4.78, 5) is 28.9. The largest absolute Gasteiger partial charge is 0.480 e. The number of nitrogens with zero attached hydrogens (tertiary/aromatic N) is 1. The normalized spacial score (nSPS) is 16.8. The van der Waals surface area contributed by atoms with Crippen molar-refractivity contribution in [1.29, 1.82) is 0 Å². The minimum atomic E-state index is -0.993. The lowest BCUT2D eigenvalue weighted by molar-refractivity contribution is -0.142. The SMILES string of the molecule is O=C(O)C1Cc2c([nH]c3ccccc23)CN1C(=O)Nc1cccs1. The number of carboxylic acids is 1.